The Morgan fingerprint density at radius 3 is 2.47 bits per heavy atom. The van der Waals surface area contributed by atoms with Crippen LogP contribution < -0.4 is 15.0 Å². The van der Waals surface area contributed by atoms with E-state index in [0.717, 1.165) is 50.2 Å². The number of aliphatic carboxylic acids is 1. The molecule has 2 rings (SSSR count). The van der Waals surface area contributed by atoms with Gasteiger partial charge >= 0.3 is 5.97 Å². The van der Waals surface area contributed by atoms with Gasteiger partial charge < -0.3 is 39.8 Å². The first-order valence-corrected chi connectivity index (χ1v) is 16.7. The number of halogens is 1. The van der Waals surface area contributed by atoms with Crippen LogP contribution in [-0.4, -0.2) is 86.7 Å². The molecule has 0 aromatic heterocycles. The van der Waals surface area contributed by atoms with E-state index in [1.807, 2.05) is 12.1 Å². The van der Waals surface area contributed by atoms with Gasteiger partial charge in [0.05, 0.1) is 25.0 Å². The first kappa shape index (κ1) is 44.2. The van der Waals surface area contributed by atoms with Gasteiger partial charge in [0.2, 0.25) is 5.91 Å². The number of aliphatic hydroxyl groups is 2. The zero-order valence-electron chi connectivity index (χ0n) is 29.8. The Bertz CT molecular complexity index is 1160. The Labute approximate surface area is 287 Å². The van der Waals surface area contributed by atoms with Gasteiger partial charge in [0.25, 0.3) is 0 Å². The largest absolute Gasteiger partial charge is 0.495 e. The van der Waals surface area contributed by atoms with Crippen molar-refractivity contribution < 1.29 is 39.2 Å². The van der Waals surface area contributed by atoms with E-state index < -0.39 is 23.5 Å². The number of carboxylic acids is 1. The molecule has 0 spiro atoms. The number of rotatable bonds is 8. The van der Waals surface area contributed by atoms with Gasteiger partial charge in [-0.05, 0) is 76.6 Å². The highest BCUT2D eigenvalue weighted by Gasteiger charge is 2.45. The summed E-state index contributed by atoms with van der Waals surface area (Å²) in [5, 5.41) is 32.0. The van der Waals surface area contributed by atoms with Crippen LogP contribution in [0.25, 0.3) is 0 Å². The second-order valence-electron chi connectivity index (χ2n) is 12.2. The molecule has 1 heterocycles. The average Bonchev–Trinajstić information content (AvgIpc) is 3.03. The fourth-order valence-electron chi connectivity index (χ4n) is 5.66. The smallest absolute Gasteiger partial charge is 0.321 e. The second kappa shape index (κ2) is 23.5. The highest BCUT2D eigenvalue weighted by molar-refractivity contribution is 6.35. The molecule has 0 radical (unpaired) electrons. The highest BCUT2D eigenvalue weighted by Crippen LogP contribution is 2.39. The maximum absolute atomic E-state index is 13.6. The number of benzene rings is 1. The van der Waals surface area contributed by atoms with Crippen molar-refractivity contribution in [3.63, 3.8) is 0 Å². The summed E-state index contributed by atoms with van der Waals surface area (Å²) in [5.41, 5.74) is 1.46. The number of ether oxygens (including phenoxy) is 2. The first-order chi connectivity index (χ1) is 22.3. The monoisotopic (exact) mass is 682 g/mol. The molecule has 0 saturated heterocycles. The molecule has 1 amide bonds. The van der Waals surface area contributed by atoms with Crippen molar-refractivity contribution in [1.82, 2.24) is 5.32 Å². The molecule has 11 heteroatoms. The number of aliphatic hydroxyl groups excluding tert-OH is 2. The van der Waals surface area contributed by atoms with E-state index in [0.29, 0.717) is 35.4 Å². The molecule has 5 unspecified atom stereocenters. The molecule has 0 saturated carbocycles. The van der Waals surface area contributed by atoms with Gasteiger partial charge in [-0.25, -0.2) is 0 Å². The Morgan fingerprint density at radius 1 is 1.28 bits per heavy atom. The number of aldehydes is 1. The number of hydrogen-bond acceptors (Lipinski definition) is 8. The summed E-state index contributed by atoms with van der Waals surface area (Å²) in [4.78, 5) is 36.2. The van der Waals surface area contributed by atoms with Crippen LogP contribution in [0.3, 0.4) is 0 Å². The predicted molar refractivity (Wildman–Crippen MR) is 189 cm³/mol. The molecular formula is C36H59ClN2O8. The summed E-state index contributed by atoms with van der Waals surface area (Å²) in [6.45, 7) is 10.1. The van der Waals surface area contributed by atoms with Crippen LogP contribution in [0.5, 0.6) is 5.75 Å². The number of carbonyl (C=O) groups is 3. The summed E-state index contributed by atoms with van der Waals surface area (Å²) >= 11 is 6.66. The molecule has 1 aromatic rings. The zero-order valence-corrected chi connectivity index (χ0v) is 30.6. The van der Waals surface area contributed by atoms with Crippen LogP contribution >= 0.6 is 11.6 Å². The fourth-order valence-corrected chi connectivity index (χ4v) is 5.98. The van der Waals surface area contributed by atoms with Crippen LogP contribution in [0.15, 0.2) is 35.9 Å². The van der Waals surface area contributed by atoms with E-state index in [9.17, 15) is 19.8 Å². The summed E-state index contributed by atoms with van der Waals surface area (Å²) in [6.07, 6.45) is 10.3. The van der Waals surface area contributed by atoms with Gasteiger partial charge in [0.1, 0.15) is 23.1 Å². The number of hydrogen-bond donors (Lipinski definition) is 4. The molecule has 4 N–H and O–H groups in total. The highest BCUT2D eigenvalue weighted by atomic mass is 35.5. The summed E-state index contributed by atoms with van der Waals surface area (Å²) in [6, 6.07) is 2.70. The van der Waals surface area contributed by atoms with Crippen molar-refractivity contribution >= 4 is 35.5 Å². The van der Waals surface area contributed by atoms with E-state index in [-0.39, 0.29) is 31.3 Å². The number of allylic oxidation sites excluding steroid dienone is 4. The molecule has 10 nitrogen and oxygen atoms in total. The molecule has 1 aliphatic rings. The van der Waals surface area contributed by atoms with Gasteiger partial charge in [-0.15, -0.1) is 0 Å². The third kappa shape index (κ3) is 14.5. The van der Waals surface area contributed by atoms with Crippen LogP contribution in [0.4, 0.5) is 5.69 Å². The topological polar surface area (TPSA) is 146 Å². The van der Waals surface area contributed by atoms with E-state index in [4.69, 9.17) is 31.0 Å². The quantitative estimate of drug-likeness (QED) is 0.192. The predicted octanol–water partition coefficient (Wildman–Crippen LogP) is 6.00. The van der Waals surface area contributed by atoms with Gasteiger partial charge in [-0.2, -0.15) is 0 Å². The number of anilines is 1. The molecular weight excluding hydrogens is 624 g/mol. The molecule has 0 fully saturated rings. The third-order valence-corrected chi connectivity index (χ3v) is 8.79. The van der Waals surface area contributed by atoms with Crippen LogP contribution in [0.1, 0.15) is 85.1 Å². The summed E-state index contributed by atoms with van der Waals surface area (Å²) < 4.78 is 11.8. The molecule has 1 aromatic carbocycles. The summed E-state index contributed by atoms with van der Waals surface area (Å²) in [5.74, 6) is -0.557. The number of nitrogens with zero attached hydrogens (tertiary/aromatic N) is 1. The van der Waals surface area contributed by atoms with Crippen LogP contribution in [-0.2, 0) is 25.5 Å². The standard InChI is InChI=1S/C33H51ClN2O6.C2H4O.CH4O/c1-8-9-16-42-25-18-23(3)13-11-10-12-22(2)17-24-19-26(30(34)27(20-24)41-7)36(6)29(38)14-15-33(4,28(37)21-25)31(35-5)32(39)40;1-2-3;1-2/h10-12,19-20,23,25,28,31,35,37H,8-9,13-18,21H2,1-7H3,(H,39,40);2H,1H3;2H,1H3/b11-10+,22-12+;;. The molecule has 2 bridgehead atoms. The maximum atomic E-state index is 13.6. The minimum atomic E-state index is -1.15. The van der Waals surface area contributed by atoms with Crippen molar-refractivity contribution in [1.29, 1.82) is 0 Å². The van der Waals surface area contributed by atoms with Gasteiger partial charge in [-0.1, -0.05) is 62.6 Å². The van der Waals surface area contributed by atoms with Crippen molar-refractivity contribution in [3.8, 4) is 5.75 Å². The third-order valence-electron chi connectivity index (χ3n) is 8.41. The lowest BCUT2D eigenvalue weighted by Gasteiger charge is -2.41. The van der Waals surface area contributed by atoms with Gasteiger partial charge in [0.15, 0.2) is 0 Å². The second-order valence-corrected chi connectivity index (χ2v) is 12.6. The molecule has 1 aliphatic heterocycles. The lowest BCUT2D eigenvalue weighted by atomic mass is 9.71. The molecule has 268 valence electrons. The minimum Gasteiger partial charge on any atom is -0.495 e. The Hall–Kier alpha value is -2.76. The van der Waals surface area contributed by atoms with E-state index in [1.54, 1.807) is 28.1 Å². The number of fused-ring (bicyclic) bond motifs is 2. The number of carboxylic acid groups (broad SMARTS) is 1. The Morgan fingerprint density at radius 2 is 1.91 bits per heavy atom. The maximum Gasteiger partial charge on any atom is 0.321 e. The average molecular weight is 683 g/mol. The van der Waals surface area contributed by atoms with E-state index in [2.05, 4.69) is 44.3 Å². The van der Waals surface area contributed by atoms with Crippen molar-refractivity contribution in [3.05, 3.63) is 46.5 Å². The Balaban J connectivity index is 0.00000399. The zero-order chi connectivity index (χ0) is 36.2. The normalized spacial score (nSPS) is 25.1. The summed E-state index contributed by atoms with van der Waals surface area (Å²) in [7, 11) is 5.76. The van der Waals surface area contributed by atoms with Crippen molar-refractivity contribution in [2.24, 2.45) is 11.3 Å². The van der Waals surface area contributed by atoms with E-state index in [1.165, 1.54) is 11.8 Å². The first-order valence-electron chi connectivity index (χ1n) is 16.3. The van der Waals surface area contributed by atoms with Crippen molar-refractivity contribution in [2.45, 2.75) is 104 Å². The van der Waals surface area contributed by atoms with Gasteiger partial charge in [0, 0.05) is 39.0 Å². The molecule has 5 atom stereocenters. The SMILES string of the molecule is CC=O.CCCCOC1CC(C)C/C=C/C=C(\C)Cc2cc(OC)c(Cl)c(c2)N(C)C(=O)CCC(C)(C(NC)C(=O)O)C(O)C1.CO. The van der Waals surface area contributed by atoms with Crippen molar-refractivity contribution in [2.75, 3.05) is 39.8 Å². The van der Waals surface area contributed by atoms with Crippen LogP contribution in [0, 0.1) is 11.3 Å². The molecule has 47 heavy (non-hydrogen) atoms. The number of likely N-dealkylation sites (N-methyl/N-ethyl adjacent to an activating group) is 1. The fraction of sp³-hybridized carbons (Fsp3) is 0.639. The molecule has 0 aliphatic carbocycles. The van der Waals surface area contributed by atoms with Gasteiger partial charge in [-0.3, -0.25) is 9.59 Å². The Kier molecular flexibility index (Phi) is 22.2. The lowest BCUT2D eigenvalue weighted by molar-refractivity contribution is -0.148. The number of unbranched alkanes of at least 4 members (excludes halogenated alkanes) is 1. The minimum absolute atomic E-state index is 0.0129. The number of amides is 1. The number of nitrogens with one attached hydrogen (secondary N) is 1. The van der Waals surface area contributed by atoms with Crippen LogP contribution in [0.2, 0.25) is 5.02 Å². The lowest BCUT2D eigenvalue weighted by Crippen LogP contribution is -2.54. The number of methoxy groups -OCH3 is 1. The van der Waals surface area contributed by atoms with E-state index >= 15 is 0 Å². The number of carbonyl (C=O) groups excluding carboxylic acids is 2.